The fourth-order valence-corrected chi connectivity index (χ4v) is 8.35. The average molecular weight is 825 g/mol. The van der Waals surface area contributed by atoms with Crippen molar-refractivity contribution < 1.29 is 57.6 Å². The summed E-state index contributed by atoms with van der Waals surface area (Å²) >= 11 is 2.29. The Morgan fingerprint density at radius 2 is 1.68 bits per heavy atom. The van der Waals surface area contributed by atoms with Crippen molar-refractivity contribution in [2.24, 2.45) is 11.8 Å². The van der Waals surface area contributed by atoms with Crippen LogP contribution < -0.4 is 0 Å². The standard InChI is InChI=1S/C37H61IO12/c1-25(14-16-44-20-27-11-9-8-10-12-27)37(47-24-43-7)26(2)17-31(50-37)34(38)28(39)18-32-35(3,40)15-13-29-30(48-32)19-33(46-23-42-6)36(4,49-29)21-45-22-41-5/h8-12,25-26,28-34,39-40H,13-24H2,1-7H3/t25-,26+,28-,29+,30-,31-,32+,33+,34-,35-,36-,37-/m1/s1. The highest BCUT2D eigenvalue weighted by Crippen LogP contribution is 2.47. The highest BCUT2D eigenvalue weighted by Gasteiger charge is 2.55. The van der Waals surface area contributed by atoms with Crippen molar-refractivity contribution in [3.63, 3.8) is 0 Å². The molecule has 0 aliphatic carbocycles. The number of aliphatic hydroxyl groups excluding tert-OH is 1. The first-order valence-electron chi connectivity index (χ1n) is 17.9. The van der Waals surface area contributed by atoms with Gasteiger partial charge in [0.05, 0.1) is 59.4 Å². The highest BCUT2D eigenvalue weighted by atomic mass is 127. The number of aliphatic hydroxyl groups is 2. The van der Waals surface area contributed by atoms with Gasteiger partial charge in [-0.3, -0.25) is 0 Å². The van der Waals surface area contributed by atoms with Gasteiger partial charge in [0, 0.05) is 52.6 Å². The third-order valence-corrected chi connectivity index (χ3v) is 12.2. The first-order valence-corrected chi connectivity index (χ1v) is 19.1. The molecule has 0 bridgehead atoms. The van der Waals surface area contributed by atoms with Gasteiger partial charge in [-0.1, -0.05) is 66.8 Å². The molecule has 1 aromatic rings. The number of alkyl halides is 1. The lowest BCUT2D eigenvalue weighted by atomic mass is 9.85. The van der Waals surface area contributed by atoms with Crippen LogP contribution in [0.3, 0.4) is 0 Å². The average Bonchev–Trinajstić information content (AvgIpc) is 3.39. The largest absolute Gasteiger partial charge is 0.392 e. The second-order valence-electron chi connectivity index (χ2n) is 14.6. The van der Waals surface area contributed by atoms with E-state index in [2.05, 4.69) is 48.6 Å². The fraction of sp³-hybridized carbons (Fsp3) is 0.838. The molecule has 2 N–H and O–H groups in total. The van der Waals surface area contributed by atoms with E-state index in [9.17, 15) is 10.2 Å². The third-order valence-electron chi connectivity index (χ3n) is 10.6. The summed E-state index contributed by atoms with van der Waals surface area (Å²) in [6.45, 7) is 9.69. The lowest BCUT2D eigenvalue weighted by molar-refractivity contribution is -0.299. The minimum atomic E-state index is -1.19. The van der Waals surface area contributed by atoms with E-state index in [0.29, 0.717) is 38.9 Å². The van der Waals surface area contributed by atoms with Gasteiger partial charge in [0.15, 0.2) is 5.79 Å². The molecule has 3 fully saturated rings. The van der Waals surface area contributed by atoms with Gasteiger partial charge < -0.3 is 57.6 Å². The number of benzene rings is 1. The van der Waals surface area contributed by atoms with Crippen molar-refractivity contribution in [3.8, 4) is 0 Å². The third kappa shape index (κ3) is 10.8. The van der Waals surface area contributed by atoms with E-state index in [1.807, 2.05) is 25.1 Å². The molecule has 0 amide bonds. The van der Waals surface area contributed by atoms with E-state index in [-0.39, 0.29) is 73.6 Å². The van der Waals surface area contributed by atoms with Crippen LogP contribution in [-0.4, -0.2) is 123 Å². The lowest BCUT2D eigenvalue weighted by Crippen LogP contribution is -2.59. The molecular weight excluding hydrogens is 763 g/mol. The van der Waals surface area contributed by atoms with Crippen molar-refractivity contribution in [1.82, 2.24) is 0 Å². The summed E-state index contributed by atoms with van der Waals surface area (Å²) in [6, 6.07) is 10.1. The molecule has 288 valence electrons. The van der Waals surface area contributed by atoms with E-state index in [1.165, 1.54) is 0 Å². The molecule has 4 rings (SSSR count). The zero-order valence-corrected chi connectivity index (χ0v) is 33.1. The Bertz CT molecular complexity index is 1120. The van der Waals surface area contributed by atoms with Crippen LogP contribution in [0, 0.1) is 11.8 Å². The lowest BCUT2D eigenvalue weighted by Gasteiger charge is -2.47. The van der Waals surface area contributed by atoms with E-state index >= 15 is 0 Å². The number of ether oxygens (including phenoxy) is 10. The molecule has 3 aliphatic rings. The Labute approximate surface area is 312 Å². The van der Waals surface area contributed by atoms with E-state index < -0.39 is 29.2 Å². The molecule has 3 saturated heterocycles. The summed E-state index contributed by atoms with van der Waals surface area (Å²) in [6.07, 6.45) is 0.456. The topological polar surface area (TPSA) is 133 Å². The minimum Gasteiger partial charge on any atom is -0.392 e. The Morgan fingerprint density at radius 1 is 0.960 bits per heavy atom. The minimum absolute atomic E-state index is 0.00202. The molecule has 0 unspecified atom stereocenters. The van der Waals surface area contributed by atoms with Crippen molar-refractivity contribution in [2.45, 2.75) is 130 Å². The maximum Gasteiger partial charge on any atom is 0.176 e. The number of methoxy groups -OCH3 is 3. The summed E-state index contributed by atoms with van der Waals surface area (Å²) in [4.78, 5) is 0. The monoisotopic (exact) mass is 824 g/mol. The molecule has 0 spiro atoms. The molecule has 0 aromatic heterocycles. The van der Waals surface area contributed by atoms with Gasteiger partial charge in [0.25, 0.3) is 0 Å². The maximum absolute atomic E-state index is 11.7. The smallest absolute Gasteiger partial charge is 0.176 e. The molecule has 0 saturated carbocycles. The van der Waals surface area contributed by atoms with Gasteiger partial charge in [0.2, 0.25) is 0 Å². The number of hydrogen-bond donors (Lipinski definition) is 2. The SMILES string of the molecule is COCOC[C@@]1(C)O[C@H]2CC[C@@](C)(O)[C@H](C[C@@H](O)[C@@H](I)[C@H]3C[C@H](C)[C@@](OCOC)([C@H](C)CCOCc4ccccc4)O3)O[C@@H]2C[C@@H]1OCOC. The van der Waals surface area contributed by atoms with E-state index in [4.69, 9.17) is 47.4 Å². The quantitative estimate of drug-likeness (QED) is 0.0796. The van der Waals surface area contributed by atoms with Crippen LogP contribution in [-0.2, 0) is 54.0 Å². The second kappa shape index (κ2) is 19.7. The van der Waals surface area contributed by atoms with E-state index in [1.54, 1.807) is 28.3 Å². The normalized spacial score (nSPS) is 36.4. The Hall–Kier alpha value is -0.530. The molecule has 3 aliphatic heterocycles. The Morgan fingerprint density at radius 3 is 2.38 bits per heavy atom. The molecule has 3 heterocycles. The van der Waals surface area contributed by atoms with Gasteiger partial charge in [-0.05, 0) is 45.1 Å². The van der Waals surface area contributed by atoms with Gasteiger partial charge in [-0.15, -0.1) is 0 Å². The summed E-state index contributed by atoms with van der Waals surface area (Å²) in [7, 11) is 4.75. The predicted molar refractivity (Wildman–Crippen MR) is 194 cm³/mol. The molecule has 50 heavy (non-hydrogen) atoms. The van der Waals surface area contributed by atoms with Gasteiger partial charge >= 0.3 is 0 Å². The number of rotatable bonds is 20. The molecule has 12 nitrogen and oxygen atoms in total. The van der Waals surface area contributed by atoms with Crippen molar-refractivity contribution in [2.75, 3.05) is 54.9 Å². The van der Waals surface area contributed by atoms with Crippen LogP contribution in [0.15, 0.2) is 30.3 Å². The zero-order chi connectivity index (χ0) is 36.4. The summed E-state index contributed by atoms with van der Waals surface area (Å²) in [5.74, 6) is -0.852. The first-order chi connectivity index (χ1) is 23.9. The fourth-order valence-electron chi connectivity index (χ4n) is 7.61. The van der Waals surface area contributed by atoms with Gasteiger partial charge in [-0.25, -0.2) is 0 Å². The summed E-state index contributed by atoms with van der Waals surface area (Å²) < 4.78 is 59.5. The maximum atomic E-state index is 11.7. The number of halogens is 1. The van der Waals surface area contributed by atoms with Gasteiger partial charge in [0.1, 0.15) is 26.0 Å². The summed E-state index contributed by atoms with van der Waals surface area (Å²) in [5.41, 5.74) is -0.821. The number of fused-ring (bicyclic) bond motifs is 1. The Balaban J connectivity index is 1.40. The molecule has 1 aromatic carbocycles. The predicted octanol–water partition coefficient (Wildman–Crippen LogP) is 4.98. The Kier molecular flexibility index (Phi) is 16.6. The van der Waals surface area contributed by atoms with Crippen LogP contribution in [0.4, 0.5) is 0 Å². The molecule has 0 radical (unpaired) electrons. The zero-order valence-electron chi connectivity index (χ0n) is 30.9. The second-order valence-corrected chi connectivity index (χ2v) is 16.1. The number of hydrogen-bond acceptors (Lipinski definition) is 12. The van der Waals surface area contributed by atoms with Crippen LogP contribution in [0.1, 0.15) is 71.8 Å². The van der Waals surface area contributed by atoms with Crippen molar-refractivity contribution in [3.05, 3.63) is 35.9 Å². The molecule has 13 heteroatoms. The summed E-state index contributed by atoms with van der Waals surface area (Å²) in [5, 5.41) is 23.4. The molecule has 12 atom stereocenters. The van der Waals surface area contributed by atoms with Crippen molar-refractivity contribution >= 4 is 22.6 Å². The van der Waals surface area contributed by atoms with Crippen molar-refractivity contribution in [1.29, 1.82) is 0 Å². The van der Waals surface area contributed by atoms with Gasteiger partial charge in [-0.2, -0.15) is 0 Å². The highest BCUT2D eigenvalue weighted by molar-refractivity contribution is 14.1. The first kappa shape index (κ1) is 42.2. The van der Waals surface area contributed by atoms with Crippen LogP contribution >= 0.6 is 22.6 Å². The van der Waals surface area contributed by atoms with Crippen LogP contribution in [0.2, 0.25) is 0 Å². The van der Waals surface area contributed by atoms with Crippen LogP contribution in [0.5, 0.6) is 0 Å². The molecular formula is C37H61IO12. The van der Waals surface area contributed by atoms with E-state index in [0.717, 1.165) is 12.0 Å². The van der Waals surface area contributed by atoms with Crippen LogP contribution in [0.25, 0.3) is 0 Å².